The van der Waals surface area contributed by atoms with Crippen LogP contribution in [0.4, 0.5) is 0 Å². The Kier molecular flexibility index (Phi) is 3.85. The quantitative estimate of drug-likeness (QED) is 0.816. The fraction of sp³-hybridized carbons (Fsp3) is 0.462. The maximum Gasteiger partial charge on any atom is 0.166 e. The van der Waals surface area contributed by atoms with Gasteiger partial charge >= 0.3 is 0 Å². The minimum atomic E-state index is 0.149. The number of benzene rings is 1. The Balaban J connectivity index is 2.09. The predicted octanol–water partition coefficient (Wildman–Crippen LogP) is 2.22. The van der Waals surface area contributed by atoms with Gasteiger partial charge in [-0.2, -0.15) is 5.10 Å². The molecule has 1 aromatic rings. The molecule has 4 nitrogen and oxygen atoms in total. The number of aromatic hydroxyl groups is 1. The summed E-state index contributed by atoms with van der Waals surface area (Å²) >= 11 is 0. The van der Waals surface area contributed by atoms with Gasteiger partial charge in [0.15, 0.2) is 11.5 Å². The van der Waals surface area contributed by atoms with Gasteiger partial charge in [-0.3, -0.25) is 5.01 Å². The highest BCUT2D eigenvalue weighted by Gasteiger charge is 2.08. The summed E-state index contributed by atoms with van der Waals surface area (Å²) in [7, 11) is 1.54. The molecule has 1 aromatic carbocycles. The van der Waals surface area contributed by atoms with Crippen molar-refractivity contribution in [1.82, 2.24) is 5.01 Å². The first-order chi connectivity index (χ1) is 8.31. The van der Waals surface area contributed by atoms with Crippen molar-refractivity contribution < 1.29 is 9.84 Å². The summed E-state index contributed by atoms with van der Waals surface area (Å²) in [6, 6.07) is 5.40. The van der Waals surface area contributed by atoms with E-state index < -0.39 is 0 Å². The molecule has 17 heavy (non-hydrogen) atoms. The predicted molar refractivity (Wildman–Crippen MR) is 67.7 cm³/mol. The van der Waals surface area contributed by atoms with Gasteiger partial charge in [0.25, 0.3) is 0 Å². The highest BCUT2D eigenvalue weighted by Crippen LogP contribution is 2.28. The maximum atomic E-state index is 9.88. The second kappa shape index (κ2) is 5.57. The van der Waals surface area contributed by atoms with Crippen LogP contribution in [0.1, 0.15) is 24.8 Å². The van der Waals surface area contributed by atoms with Gasteiger partial charge in [-0.1, -0.05) is 6.07 Å². The molecule has 1 N–H and O–H groups in total. The molecule has 0 unspecified atom stereocenters. The largest absolute Gasteiger partial charge is 0.504 e. The zero-order valence-electron chi connectivity index (χ0n) is 10.1. The summed E-state index contributed by atoms with van der Waals surface area (Å²) in [6.07, 6.45) is 5.38. The van der Waals surface area contributed by atoms with E-state index in [1.54, 1.807) is 19.4 Å². The second-order valence-corrected chi connectivity index (χ2v) is 4.16. The number of piperidine rings is 1. The third kappa shape index (κ3) is 2.90. The van der Waals surface area contributed by atoms with Crippen LogP contribution >= 0.6 is 0 Å². The molecule has 0 spiro atoms. The third-order valence-corrected chi connectivity index (χ3v) is 2.94. The first-order valence-electron chi connectivity index (χ1n) is 5.96. The molecule has 1 aliphatic heterocycles. The Morgan fingerprint density at radius 3 is 2.76 bits per heavy atom. The number of phenols is 1. The summed E-state index contributed by atoms with van der Waals surface area (Å²) in [5.74, 6) is 0.628. The molecule has 1 heterocycles. The van der Waals surface area contributed by atoms with Crippen LogP contribution in [0, 0.1) is 0 Å². The lowest BCUT2D eigenvalue weighted by Gasteiger charge is -2.23. The molecule has 0 aromatic heterocycles. The van der Waals surface area contributed by atoms with Gasteiger partial charge in [-0.25, -0.2) is 0 Å². The van der Waals surface area contributed by atoms with Crippen LogP contribution in [0.15, 0.2) is 23.3 Å². The van der Waals surface area contributed by atoms with E-state index in [1.807, 2.05) is 17.1 Å². The first-order valence-corrected chi connectivity index (χ1v) is 5.96. The molecule has 0 atom stereocenters. The molecule has 1 fully saturated rings. The topological polar surface area (TPSA) is 45.1 Å². The number of rotatable bonds is 3. The Bertz CT molecular complexity index is 398. The minimum absolute atomic E-state index is 0.149. The van der Waals surface area contributed by atoms with Crippen molar-refractivity contribution in [3.63, 3.8) is 0 Å². The van der Waals surface area contributed by atoms with E-state index in [0.717, 1.165) is 13.1 Å². The van der Waals surface area contributed by atoms with E-state index in [-0.39, 0.29) is 5.75 Å². The van der Waals surface area contributed by atoms with Crippen LogP contribution in [-0.2, 0) is 0 Å². The molecule has 0 aliphatic carbocycles. The summed E-state index contributed by atoms with van der Waals surface area (Å²) < 4.78 is 5.05. The van der Waals surface area contributed by atoms with Crippen molar-refractivity contribution in [3.8, 4) is 11.5 Å². The van der Waals surface area contributed by atoms with Crippen LogP contribution < -0.4 is 4.74 Å². The lowest BCUT2D eigenvalue weighted by molar-refractivity contribution is 0.240. The van der Waals surface area contributed by atoms with E-state index in [9.17, 15) is 5.11 Å². The lowest BCUT2D eigenvalue weighted by Crippen LogP contribution is -2.24. The number of hydrogen-bond acceptors (Lipinski definition) is 4. The number of methoxy groups -OCH3 is 1. The highest BCUT2D eigenvalue weighted by molar-refractivity contribution is 5.84. The van der Waals surface area contributed by atoms with Crippen molar-refractivity contribution in [2.75, 3.05) is 20.2 Å². The van der Waals surface area contributed by atoms with Gasteiger partial charge in [-0.05, 0) is 31.4 Å². The minimum Gasteiger partial charge on any atom is -0.504 e. The first kappa shape index (κ1) is 11.8. The summed E-state index contributed by atoms with van der Waals surface area (Å²) in [5, 5.41) is 16.3. The Morgan fingerprint density at radius 2 is 2.06 bits per heavy atom. The number of hydrazone groups is 1. The van der Waals surface area contributed by atoms with Crippen molar-refractivity contribution in [2.24, 2.45) is 5.10 Å². The molecule has 92 valence electrons. The van der Waals surface area contributed by atoms with E-state index in [1.165, 1.54) is 19.3 Å². The maximum absolute atomic E-state index is 9.88. The monoisotopic (exact) mass is 234 g/mol. The van der Waals surface area contributed by atoms with Gasteiger partial charge in [0, 0.05) is 18.7 Å². The molecular weight excluding hydrogens is 216 g/mol. The molecule has 0 saturated carbocycles. The Morgan fingerprint density at radius 1 is 1.29 bits per heavy atom. The normalized spacial score (nSPS) is 16.4. The third-order valence-electron chi connectivity index (χ3n) is 2.94. The van der Waals surface area contributed by atoms with Gasteiger partial charge in [0.2, 0.25) is 0 Å². The van der Waals surface area contributed by atoms with Crippen molar-refractivity contribution in [3.05, 3.63) is 23.8 Å². The summed E-state index contributed by atoms with van der Waals surface area (Å²) in [5.41, 5.74) is 0.690. The van der Waals surface area contributed by atoms with Gasteiger partial charge < -0.3 is 9.84 Å². The van der Waals surface area contributed by atoms with Crippen LogP contribution in [0.25, 0.3) is 0 Å². The smallest absolute Gasteiger partial charge is 0.166 e. The standard InChI is InChI=1S/C13H18N2O2/c1-17-12-7-5-6-11(13(12)16)10-14-15-8-3-2-4-9-15/h5-7,10,16H,2-4,8-9H2,1H3/b14-10+. The number of para-hydroxylation sites is 1. The fourth-order valence-corrected chi connectivity index (χ4v) is 1.94. The molecule has 0 bridgehead atoms. The number of hydrogen-bond donors (Lipinski definition) is 1. The van der Waals surface area contributed by atoms with Crippen molar-refractivity contribution in [2.45, 2.75) is 19.3 Å². The second-order valence-electron chi connectivity index (χ2n) is 4.16. The van der Waals surface area contributed by atoms with Crippen LogP contribution in [-0.4, -0.2) is 36.5 Å². The molecule has 0 amide bonds. The molecule has 4 heteroatoms. The van der Waals surface area contributed by atoms with Crippen molar-refractivity contribution in [1.29, 1.82) is 0 Å². The highest BCUT2D eigenvalue weighted by atomic mass is 16.5. The van der Waals surface area contributed by atoms with Crippen LogP contribution in [0.5, 0.6) is 11.5 Å². The fourth-order valence-electron chi connectivity index (χ4n) is 1.94. The van der Waals surface area contributed by atoms with Crippen molar-refractivity contribution >= 4 is 6.21 Å². The molecule has 2 rings (SSSR count). The number of phenolic OH excluding ortho intramolecular Hbond substituents is 1. The molecule has 1 aliphatic rings. The van der Waals surface area contributed by atoms with E-state index in [2.05, 4.69) is 5.10 Å². The van der Waals surface area contributed by atoms with E-state index in [0.29, 0.717) is 11.3 Å². The Labute approximate surface area is 102 Å². The SMILES string of the molecule is COc1cccc(/C=N/N2CCCCC2)c1O. The van der Waals surface area contributed by atoms with Gasteiger partial charge in [-0.15, -0.1) is 0 Å². The van der Waals surface area contributed by atoms with E-state index in [4.69, 9.17) is 4.74 Å². The summed E-state index contributed by atoms with van der Waals surface area (Å²) in [4.78, 5) is 0. The zero-order valence-corrected chi connectivity index (χ0v) is 10.1. The Hall–Kier alpha value is -1.71. The van der Waals surface area contributed by atoms with E-state index >= 15 is 0 Å². The van der Waals surface area contributed by atoms with Crippen LogP contribution in [0.3, 0.4) is 0 Å². The molecular formula is C13H18N2O2. The van der Waals surface area contributed by atoms with Crippen LogP contribution in [0.2, 0.25) is 0 Å². The average Bonchev–Trinajstić information content (AvgIpc) is 2.39. The summed E-state index contributed by atoms with van der Waals surface area (Å²) in [6.45, 7) is 2.00. The molecule has 1 saturated heterocycles. The number of ether oxygens (including phenoxy) is 1. The molecule has 0 radical (unpaired) electrons. The lowest BCUT2D eigenvalue weighted by atomic mass is 10.2. The zero-order chi connectivity index (χ0) is 12.1. The van der Waals surface area contributed by atoms with Gasteiger partial charge in [0.1, 0.15) is 0 Å². The van der Waals surface area contributed by atoms with Gasteiger partial charge in [0.05, 0.1) is 13.3 Å². The average molecular weight is 234 g/mol. The number of nitrogens with zero attached hydrogens (tertiary/aromatic N) is 2.